The maximum atomic E-state index is 12.5. The van der Waals surface area contributed by atoms with Crippen LogP contribution in [0, 0.1) is 0 Å². The number of para-hydroxylation sites is 2. The standard InChI is InChI=1S/C21H20N4O3/c1-28-19(15-5-4-12-23-13-15)21(27)24-16-10-8-14(9-11-16)20(26)25-18-7-3-2-6-17(18)22/h2-13,19H,22H2,1H3,(H,24,27)(H,25,26). The predicted molar refractivity (Wildman–Crippen MR) is 108 cm³/mol. The third kappa shape index (κ3) is 4.52. The van der Waals surface area contributed by atoms with Gasteiger partial charge in [-0.3, -0.25) is 14.6 Å². The van der Waals surface area contributed by atoms with E-state index in [-0.39, 0.29) is 11.8 Å². The molecule has 7 heteroatoms. The number of hydrogen-bond donors (Lipinski definition) is 3. The zero-order chi connectivity index (χ0) is 19.9. The number of methoxy groups -OCH3 is 1. The number of ether oxygens (including phenoxy) is 1. The van der Waals surface area contributed by atoms with Gasteiger partial charge >= 0.3 is 0 Å². The molecule has 1 unspecified atom stereocenters. The lowest BCUT2D eigenvalue weighted by Crippen LogP contribution is -2.22. The minimum absolute atomic E-state index is 0.291. The first-order chi connectivity index (χ1) is 13.6. The van der Waals surface area contributed by atoms with Crippen molar-refractivity contribution in [2.45, 2.75) is 6.10 Å². The number of nitrogens with one attached hydrogen (secondary N) is 2. The van der Waals surface area contributed by atoms with E-state index in [4.69, 9.17) is 10.5 Å². The van der Waals surface area contributed by atoms with Gasteiger partial charge in [0.1, 0.15) is 0 Å². The summed E-state index contributed by atoms with van der Waals surface area (Å²) in [5.41, 5.74) is 8.51. The fraction of sp³-hybridized carbons (Fsp3) is 0.0952. The molecule has 1 heterocycles. The first kappa shape index (κ1) is 19.1. The maximum absolute atomic E-state index is 12.5. The summed E-state index contributed by atoms with van der Waals surface area (Å²) in [7, 11) is 1.46. The van der Waals surface area contributed by atoms with Crippen LogP contribution in [-0.2, 0) is 9.53 Å². The highest BCUT2D eigenvalue weighted by molar-refractivity contribution is 6.06. The number of carbonyl (C=O) groups excluding carboxylic acids is 2. The zero-order valence-electron chi connectivity index (χ0n) is 15.3. The smallest absolute Gasteiger partial charge is 0.258 e. The summed E-state index contributed by atoms with van der Waals surface area (Å²) in [6, 6.07) is 17.1. The van der Waals surface area contributed by atoms with Gasteiger partial charge in [0, 0.05) is 36.3 Å². The minimum Gasteiger partial charge on any atom is -0.397 e. The number of nitrogen functional groups attached to an aromatic ring is 1. The summed E-state index contributed by atoms with van der Waals surface area (Å²) in [5.74, 6) is -0.620. The summed E-state index contributed by atoms with van der Waals surface area (Å²) in [6.07, 6.45) is 2.43. The van der Waals surface area contributed by atoms with Gasteiger partial charge in [0.15, 0.2) is 6.10 Å². The molecular formula is C21H20N4O3. The summed E-state index contributed by atoms with van der Waals surface area (Å²) in [4.78, 5) is 28.8. The Hall–Kier alpha value is -3.71. The van der Waals surface area contributed by atoms with E-state index in [0.717, 1.165) is 0 Å². The molecule has 1 aromatic heterocycles. The molecule has 0 radical (unpaired) electrons. The van der Waals surface area contributed by atoms with Crippen LogP contribution in [0.4, 0.5) is 17.1 Å². The summed E-state index contributed by atoms with van der Waals surface area (Å²) < 4.78 is 5.28. The largest absolute Gasteiger partial charge is 0.397 e. The van der Waals surface area contributed by atoms with Gasteiger partial charge in [-0.15, -0.1) is 0 Å². The van der Waals surface area contributed by atoms with Crippen molar-refractivity contribution in [3.05, 3.63) is 84.2 Å². The van der Waals surface area contributed by atoms with Crippen LogP contribution in [0.15, 0.2) is 73.1 Å². The van der Waals surface area contributed by atoms with Crippen LogP contribution in [0.25, 0.3) is 0 Å². The first-order valence-corrected chi connectivity index (χ1v) is 8.58. The van der Waals surface area contributed by atoms with Gasteiger partial charge in [-0.05, 0) is 42.5 Å². The fourth-order valence-electron chi connectivity index (χ4n) is 2.64. The van der Waals surface area contributed by atoms with Crippen LogP contribution < -0.4 is 16.4 Å². The molecule has 0 aliphatic rings. The third-order valence-electron chi connectivity index (χ3n) is 4.08. The first-order valence-electron chi connectivity index (χ1n) is 8.58. The van der Waals surface area contributed by atoms with E-state index >= 15 is 0 Å². The van der Waals surface area contributed by atoms with E-state index < -0.39 is 6.10 Å². The molecule has 2 aromatic carbocycles. The SMILES string of the molecule is COC(C(=O)Nc1ccc(C(=O)Nc2ccccc2N)cc1)c1cccnc1. The predicted octanol–water partition coefficient (Wildman–Crippen LogP) is 3.24. The van der Waals surface area contributed by atoms with Gasteiger partial charge in [-0.1, -0.05) is 18.2 Å². The van der Waals surface area contributed by atoms with Crippen LogP contribution >= 0.6 is 0 Å². The highest BCUT2D eigenvalue weighted by Crippen LogP contribution is 2.20. The average molecular weight is 376 g/mol. The van der Waals surface area contributed by atoms with E-state index in [1.807, 2.05) is 0 Å². The van der Waals surface area contributed by atoms with Crippen molar-refractivity contribution >= 4 is 28.9 Å². The second-order valence-electron chi connectivity index (χ2n) is 6.01. The summed E-state index contributed by atoms with van der Waals surface area (Å²) >= 11 is 0. The van der Waals surface area contributed by atoms with E-state index in [1.54, 1.807) is 73.1 Å². The molecule has 0 aliphatic carbocycles. The van der Waals surface area contributed by atoms with Crippen LogP contribution in [0.5, 0.6) is 0 Å². The highest BCUT2D eigenvalue weighted by atomic mass is 16.5. The lowest BCUT2D eigenvalue weighted by atomic mass is 10.1. The van der Waals surface area contributed by atoms with Gasteiger partial charge in [0.05, 0.1) is 11.4 Å². The Morgan fingerprint density at radius 1 is 1.00 bits per heavy atom. The molecule has 4 N–H and O–H groups in total. The van der Waals surface area contributed by atoms with Crippen molar-refractivity contribution in [2.24, 2.45) is 0 Å². The fourth-order valence-corrected chi connectivity index (χ4v) is 2.64. The molecule has 142 valence electrons. The molecule has 7 nitrogen and oxygen atoms in total. The van der Waals surface area contributed by atoms with Crippen molar-refractivity contribution < 1.29 is 14.3 Å². The van der Waals surface area contributed by atoms with E-state index in [9.17, 15) is 9.59 Å². The lowest BCUT2D eigenvalue weighted by Gasteiger charge is -2.15. The third-order valence-corrected chi connectivity index (χ3v) is 4.08. The van der Waals surface area contributed by atoms with E-state index in [0.29, 0.717) is 28.2 Å². The number of pyridine rings is 1. The molecule has 0 saturated heterocycles. The summed E-state index contributed by atoms with van der Waals surface area (Å²) in [6.45, 7) is 0. The van der Waals surface area contributed by atoms with Crippen LogP contribution in [0.3, 0.4) is 0 Å². The van der Waals surface area contributed by atoms with Crippen LogP contribution in [0.1, 0.15) is 22.0 Å². The molecule has 3 aromatic rings. The lowest BCUT2D eigenvalue weighted by molar-refractivity contribution is -0.126. The molecule has 3 rings (SSSR count). The molecule has 0 bridgehead atoms. The number of nitrogens with zero attached hydrogens (tertiary/aromatic N) is 1. The Labute approximate surface area is 162 Å². The Bertz CT molecular complexity index is 959. The molecule has 0 saturated carbocycles. The number of rotatable bonds is 6. The Morgan fingerprint density at radius 2 is 1.75 bits per heavy atom. The minimum atomic E-state index is -0.780. The number of anilines is 3. The topological polar surface area (TPSA) is 106 Å². The van der Waals surface area contributed by atoms with Crippen molar-refractivity contribution in [3.63, 3.8) is 0 Å². The molecule has 0 fully saturated rings. The number of aromatic nitrogens is 1. The Kier molecular flexibility index (Phi) is 5.98. The second-order valence-corrected chi connectivity index (χ2v) is 6.01. The van der Waals surface area contributed by atoms with E-state index in [2.05, 4.69) is 15.6 Å². The van der Waals surface area contributed by atoms with Gasteiger partial charge < -0.3 is 21.1 Å². The van der Waals surface area contributed by atoms with E-state index in [1.165, 1.54) is 7.11 Å². The molecular weight excluding hydrogens is 356 g/mol. The van der Waals surface area contributed by atoms with Gasteiger partial charge in [-0.25, -0.2) is 0 Å². The zero-order valence-corrected chi connectivity index (χ0v) is 15.3. The maximum Gasteiger partial charge on any atom is 0.258 e. The molecule has 2 amide bonds. The van der Waals surface area contributed by atoms with Crippen molar-refractivity contribution in [2.75, 3.05) is 23.5 Å². The number of benzene rings is 2. The van der Waals surface area contributed by atoms with Crippen LogP contribution in [0.2, 0.25) is 0 Å². The van der Waals surface area contributed by atoms with Crippen molar-refractivity contribution in [3.8, 4) is 0 Å². The molecule has 0 spiro atoms. The molecule has 0 aliphatic heterocycles. The van der Waals surface area contributed by atoms with Crippen LogP contribution in [-0.4, -0.2) is 23.9 Å². The number of hydrogen-bond acceptors (Lipinski definition) is 5. The number of carbonyl (C=O) groups is 2. The van der Waals surface area contributed by atoms with Crippen molar-refractivity contribution in [1.29, 1.82) is 0 Å². The van der Waals surface area contributed by atoms with Gasteiger partial charge in [0.25, 0.3) is 11.8 Å². The quantitative estimate of drug-likeness (QED) is 0.573. The van der Waals surface area contributed by atoms with Gasteiger partial charge in [-0.2, -0.15) is 0 Å². The second kappa shape index (κ2) is 8.79. The monoisotopic (exact) mass is 376 g/mol. The van der Waals surface area contributed by atoms with Gasteiger partial charge in [0.2, 0.25) is 0 Å². The number of nitrogens with two attached hydrogens (primary N) is 1. The number of amides is 2. The van der Waals surface area contributed by atoms with Crippen molar-refractivity contribution in [1.82, 2.24) is 4.98 Å². The average Bonchev–Trinajstić information content (AvgIpc) is 2.71. The molecule has 28 heavy (non-hydrogen) atoms. The highest BCUT2D eigenvalue weighted by Gasteiger charge is 2.20. The molecule has 1 atom stereocenters. The Balaban J connectivity index is 1.66. The normalized spacial score (nSPS) is 11.5. The Morgan fingerprint density at radius 3 is 2.39 bits per heavy atom. The summed E-state index contributed by atoms with van der Waals surface area (Å²) in [5, 5.41) is 5.53.